The van der Waals surface area contributed by atoms with Gasteiger partial charge in [0.2, 0.25) is 11.8 Å². The first-order valence-electron chi connectivity index (χ1n) is 20.3. The van der Waals surface area contributed by atoms with Crippen LogP contribution in [0.5, 0.6) is 5.75 Å². The van der Waals surface area contributed by atoms with Crippen molar-refractivity contribution >= 4 is 41.1 Å². The second-order valence-electron chi connectivity index (χ2n) is 17.4. The van der Waals surface area contributed by atoms with Gasteiger partial charge in [-0.1, -0.05) is 58.2 Å². The van der Waals surface area contributed by atoms with E-state index in [1.54, 1.807) is 30.3 Å². The number of halogens is 1. The molecule has 4 heterocycles. The van der Waals surface area contributed by atoms with Crippen LogP contribution in [-0.4, -0.2) is 87.0 Å². The number of nitrogens with two attached hydrogens (primary N) is 1. The number of fused-ring (bicyclic) bond motifs is 1. The van der Waals surface area contributed by atoms with Crippen LogP contribution >= 0.6 is 11.6 Å². The molecule has 2 aromatic carbocycles. The lowest BCUT2D eigenvalue weighted by atomic mass is 9.48. The van der Waals surface area contributed by atoms with Crippen molar-refractivity contribution in [1.29, 1.82) is 5.26 Å². The summed E-state index contributed by atoms with van der Waals surface area (Å²) in [5, 5.41) is 9.54. The molecule has 3 fully saturated rings. The normalized spacial score (nSPS) is 23.1. The van der Waals surface area contributed by atoms with Crippen molar-refractivity contribution in [3.63, 3.8) is 0 Å². The molecular weight excluding hydrogens is 756 g/mol. The Labute approximate surface area is 344 Å². The van der Waals surface area contributed by atoms with E-state index in [-0.39, 0.29) is 29.7 Å². The zero-order valence-electron chi connectivity index (χ0n) is 33.6. The number of benzene rings is 2. The Morgan fingerprint density at radius 3 is 2.26 bits per heavy atom. The molecule has 304 valence electrons. The summed E-state index contributed by atoms with van der Waals surface area (Å²) in [4.78, 5) is 76.3. The predicted octanol–water partition coefficient (Wildman–Crippen LogP) is 6.68. The number of primary amides is 1. The molecule has 1 aliphatic carbocycles. The van der Waals surface area contributed by atoms with E-state index in [9.17, 15) is 29.2 Å². The average molecular weight is 807 g/mol. The molecule has 2 N–H and O–H groups in total. The van der Waals surface area contributed by atoms with Crippen LogP contribution in [-0.2, 0) is 16.0 Å². The predicted molar refractivity (Wildman–Crippen MR) is 217 cm³/mol. The van der Waals surface area contributed by atoms with Gasteiger partial charge in [-0.05, 0) is 106 Å². The number of imide groups is 2. The fraction of sp³-hybridized carbons (Fsp3) is 0.489. The molecule has 0 bridgehead atoms. The highest BCUT2D eigenvalue weighted by atomic mass is 35.5. The number of nitrogens with zero attached hydrogens (tertiary/aromatic N) is 5. The Bertz CT molecular complexity index is 2160. The highest BCUT2D eigenvalue weighted by Crippen LogP contribution is 2.58. The van der Waals surface area contributed by atoms with Crippen LogP contribution in [0.15, 0.2) is 54.7 Å². The third kappa shape index (κ3) is 7.62. The molecule has 13 heteroatoms. The summed E-state index contributed by atoms with van der Waals surface area (Å²) in [5.74, 6) is -1.60. The molecule has 58 heavy (non-hydrogen) atoms. The Hall–Kier alpha value is -5.12. The number of hydrogen-bond acceptors (Lipinski definition) is 9. The number of nitriles is 1. The molecule has 2 saturated heterocycles. The summed E-state index contributed by atoms with van der Waals surface area (Å²) in [7, 11) is 0. The highest BCUT2D eigenvalue weighted by molar-refractivity contribution is 6.31. The summed E-state index contributed by atoms with van der Waals surface area (Å²) >= 11 is 6.27. The second kappa shape index (κ2) is 16.3. The van der Waals surface area contributed by atoms with Gasteiger partial charge in [-0.3, -0.25) is 38.8 Å². The molecule has 0 spiro atoms. The van der Waals surface area contributed by atoms with E-state index >= 15 is 0 Å². The lowest BCUT2D eigenvalue weighted by Gasteiger charge is -2.65. The van der Waals surface area contributed by atoms with Crippen LogP contribution < -0.4 is 10.5 Å². The van der Waals surface area contributed by atoms with Crippen LogP contribution in [0.4, 0.5) is 0 Å². The van der Waals surface area contributed by atoms with E-state index in [1.165, 1.54) is 11.1 Å². The number of likely N-dealkylation sites (tertiary alicyclic amines) is 2. The first-order chi connectivity index (χ1) is 27.6. The molecule has 1 aromatic heterocycles. The van der Waals surface area contributed by atoms with Crippen molar-refractivity contribution in [3.05, 3.63) is 93.3 Å². The molecule has 1 saturated carbocycles. The molecule has 1 atom stereocenters. The van der Waals surface area contributed by atoms with Crippen molar-refractivity contribution in [1.82, 2.24) is 19.7 Å². The monoisotopic (exact) mass is 806 g/mol. The summed E-state index contributed by atoms with van der Waals surface area (Å²) in [6, 6.07) is 14.4. The first-order valence-corrected chi connectivity index (χ1v) is 20.7. The number of aryl methyl sites for hydroxylation is 1. The van der Waals surface area contributed by atoms with Crippen molar-refractivity contribution in [2.24, 2.45) is 16.6 Å². The number of hydrogen-bond donors (Lipinski definition) is 1. The molecule has 3 aromatic rings. The van der Waals surface area contributed by atoms with Gasteiger partial charge < -0.3 is 15.4 Å². The quantitative estimate of drug-likeness (QED) is 0.146. The minimum atomic E-state index is -1.09. The van der Waals surface area contributed by atoms with Gasteiger partial charge in [-0.25, -0.2) is 0 Å². The Morgan fingerprint density at radius 2 is 1.60 bits per heavy atom. The molecule has 12 nitrogen and oxygen atoms in total. The number of unbranched alkanes of at least 4 members (excludes halogenated alkanes) is 3. The maximum atomic E-state index is 14.4. The Morgan fingerprint density at radius 1 is 0.897 bits per heavy atom. The minimum Gasteiger partial charge on any atom is -0.489 e. The number of aromatic nitrogens is 1. The van der Waals surface area contributed by atoms with Crippen LogP contribution in [0.3, 0.4) is 0 Å². The number of rotatable bonds is 13. The van der Waals surface area contributed by atoms with Crippen LogP contribution in [0, 0.1) is 22.2 Å². The standard InChI is InChI=1S/C45H51ClN6O6/c1-44(2)42(45(3,4)43(44)58-32-14-11-29(25-47)35(46)24-32)52-37(53)17-16-36(41(52)57)51-39(55)33-15-12-28(23-34(33)40(51)56)27-18-21-50(22-19-27)20-8-6-5-7-9-31-13-10-30(26-49-31)38(48)54/h10-15,23-24,26-27,36,42-43H,5-9,16-22H2,1-4H3,(H2,48,54). The van der Waals surface area contributed by atoms with Gasteiger partial charge >= 0.3 is 0 Å². The van der Waals surface area contributed by atoms with Crippen molar-refractivity contribution in [3.8, 4) is 11.8 Å². The van der Waals surface area contributed by atoms with E-state index in [1.807, 2.05) is 52.0 Å². The molecular formula is C45H51ClN6O6. The SMILES string of the molecule is CC1(C)C(Oc2ccc(C#N)c(Cl)c2)C(C)(C)C1N1C(=O)CCC(N2C(=O)c3ccc(C4CCN(CCCCCCc5ccc(C(N)=O)cn5)CC4)cc3C2=O)C1=O. The van der Waals surface area contributed by atoms with Gasteiger partial charge in [-0.2, -0.15) is 5.26 Å². The zero-order chi connectivity index (χ0) is 41.5. The van der Waals surface area contributed by atoms with Gasteiger partial charge in [0, 0.05) is 35.2 Å². The third-order valence-electron chi connectivity index (χ3n) is 12.8. The van der Waals surface area contributed by atoms with E-state index in [0.29, 0.717) is 28.0 Å². The Balaban J connectivity index is 0.934. The van der Waals surface area contributed by atoms with E-state index in [4.69, 9.17) is 22.1 Å². The summed E-state index contributed by atoms with van der Waals surface area (Å²) in [6.07, 6.45) is 8.39. The van der Waals surface area contributed by atoms with Crippen molar-refractivity contribution in [2.45, 2.75) is 110 Å². The number of carbonyl (C=O) groups excluding carboxylic acids is 5. The summed E-state index contributed by atoms with van der Waals surface area (Å²) in [6.45, 7) is 10.7. The van der Waals surface area contributed by atoms with Crippen molar-refractivity contribution < 1.29 is 28.7 Å². The lowest BCUT2D eigenvalue weighted by Crippen LogP contribution is -2.77. The molecule has 5 amide bonds. The highest BCUT2D eigenvalue weighted by Gasteiger charge is 2.68. The van der Waals surface area contributed by atoms with Gasteiger partial charge in [-0.15, -0.1) is 0 Å². The fourth-order valence-corrected chi connectivity index (χ4v) is 10.4. The molecule has 7 rings (SSSR count). The van der Waals surface area contributed by atoms with Gasteiger partial charge in [0.25, 0.3) is 17.7 Å². The number of amides is 5. The largest absolute Gasteiger partial charge is 0.489 e. The first kappa shape index (κ1) is 41.1. The lowest BCUT2D eigenvalue weighted by molar-refractivity contribution is -0.216. The van der Waals surface area contributed by atoms with Gasteiger partial charge in [0.1, 0.15) is 24.0 Å². The van der Waals surface area contributed by atoms with E-state index in [2.05, 4.69) is 9.88 Å². The Kier molecular flexibility index (Phi) is 11.5. The fourth-order valence-electron chi connectivity index (χ4n) is 10.2. The minimum absolute atomic E-state index is 0.0264. The van der Waals surface area contributed by atoms with Crippen LogP contribution in [0.1, 0.15) is 133 Å². The van der Waals surface area contributed by atoms with Gasteiger partial charge in [0.05, 0.1) is 33.3 Å². The number of carbonyl (C=O) groups is 5. The topological polar surface area (TPSA) is 167 Å². The number of piperidine rings is 2. The summed E-state index contributed by atoms with van der Waals surface area (Å²) in [5.41, 5.74) is 7.28. The number of ether oxygens (including phenoxy) is 1. The third-order valence-corrected chi connectivity index (χ3v) is 13.1. The maximum Gasteiger partial charge on any atom is 0.262 e. The molecule has 3 aliphatic heterocycles. The number of pyridine rings is 1. The van der Waals surface area contributed by atoms with Crippen LogP contribution in [0.2, 0.25) is 5.02 Å². The van der Waals surface area contributed by atoms with Gasteiger partial charge in [0.15, 0.2) is 0 Å². The second-order valence-corrected chi connectivity index (χ2v) is 17.8. The molecule has 0 radical (unpaired) electrons. The van der Waals surface area contributed by atoms with E-state index in [0.717, 1.165) is 80.7 Å². The molecule has 4 aliphatic rings. The van der Waals surface area contributed by atoms with Crippen LogP contribution in [0.25, 0.3) is 0 Å². The van der Waals surface area contributed by atoms with E-state index < -0.39 is 52.6 Å². The van der Waals surface area contributed by atoms with Crippen molar-refractivity contribution in [2.75, 3.05) is 19.6 Å². The summed E-state index contributed by atoms with van der Waals surface area (Å²) < 4.78 is 6.40. The smallest absolute Gasteiger partial charge is 0.262 e. The zero-order valence-corrected chi connectivity index (χ0v) is 34.4. The average Bonchev–Trinajstić information content (AvgIpc) is 3.44. The molecule has 1 unspecified atom stereocenters. The maximum absolute atomic E-state index is 14.4.